The minimum Gasteiger partial charge on any atom is -0.491 e. The van der Waals surface area contributed by atoms with E-state index < -0.39 is 6.10 Å². The largest absolute Gasteiger partial charge is 0.491 e. The van der Waals surface area contributed by atoms with E-state index in [-0.39, 0.29) is 0 Å². The molecule has 1 atom stereocenters. The van der Waals surface area contributed by atoms with E-state index in [9.17, 15) is 5.11 Å². The fourth-order valence-corrected chi connectivity index (χ4v) is 4.06. The van der Waals surface area contributed by atoms with Crippen molar-refractivity contribution < 1.29 is 9.84 Å². The van der Waals surface area contributed by atoms with Crippen LogP contribution in [-0.2, 0) is 0 Å². The number of hydrogen-bond donors (Lipinski definition) is 1. The Morgan fingerprint density at radius 3 is 2.26 bits per heavy atom. The smallest absolute Gasteiger partial charge is 0.119 e. The number of ether oxygens (including phenoxy) is 1. The third-order valence-electron chi connectivity index (χ3n) is 5.77. The van der Waals surface area contributed by atoms with E-state index in [0.29, 0.717) is 13.2 Å². The summed E-state index contributed by atoms with van der Waals surface area (Å²) in [4.78, 5) is 4.64. The Kier molecular flexibility index (Phi) is 7.13. The van der Waals surface area contributed by atoms with Crippen molar-refractivity contribution in [2.75, 3.05) is 44.2 Å². The summed E-state index contributed by atoms with van der Waals surface area (Å²) < 4.78 is 5.81. The van der Waals surface area contributed by atoms with Gasteiger partial charge in [0.15, 0.2) is 0 Å². The number of nitrogens with zero attached hydrogens (tertiary/aromatic N) is 2. The van der Waals surface area contributed by atoms with Crippen LogP contribution in [0.3, 0.4) is 0 Å². The summed E-state index contributed by atoms with van der Waals surface area (Å²) in [6.45, 7) is 6.60. The molecule has 0 amide bonds. The van der Waals surface area contributed by atoms with Gasteiger partial charge in [-0.3, -0.25) is 4.90 Å². The zero-order chi connectivity index (χ0) is 21.6. The van der Waals surface area contributed by atoms with E-state index in [1.165, 1.54) is 5.56 Å². The highest BCUT2D eigenvalue weighted by molar-refractivity contribution is 6.31. The molecule has 31 heavy (non-hydrogen) atoms. The van der Waals surface area contributed by atoms with Gasteiger partial charge in [0.25, 0.3) is 0 Å². The molecule has 1 N–H and O–H groups in total. The lowest BCUT2D eigenvalue weighted by Gasteiger charge is -2.37. The number of aliphatic hydroxyl groups is 1. The number of benzene rings is 3. The lowest BCUT2D eigenvalue weighted by atomic mass is 10.1. The Morgan fingerprint density at radius 2 is 1.58 bits per heavy atom. The minimum absolute atomic E-state index is 0.290. The van der Waals surface area contributed by atoms with Gasteiger partial charge in [0, 0.05) is 43.4 Å². The molecule has 0 saturated carbocycles. The second-order valence-electron chi connectivity index (χ2n) is 8.08. The maximum absolute atomic E-state index is 10.4. The van der Waals surface area contributed by atoms with Gasteiger partial charge in [-0.25, -0.2) is 0 Å². The summed E-state index contributed by atoms with van der Waals surface area (Å²) in [6, 6.07) is 24.5. The van der Waals surface area contributed by atoms with Crippen molar-refractivity contribution in [3.63, 3.8) is 0 Å². The van der Waals surface area contributed by atoms with Crippen LogP contribution in [0.15, 0.2) is 72.8 Å². The van der Waals surface area contributed by atoms with Crippen molar-refractivity contribution in [3.8, 4) is 16.9 Å². The van der Waals surface area contributed by atoms with E-state index in [0.717, 1.165) is 53.8 Å². The Hall–Kier alpha value is -2.53. The van der Waals surface area contributed by atoms with Crippen molar-refractivity contribution in [1.82, 2.24) is 4.90 Å². The van der Waals surface area contributed by atoms with Gasteiger partial charge in [-0.1, -0.05) is 60.1 Å². The molecule has 0 bridgehead atoms. The average molecular weight is 437 g/mol. The first-order valence-corrected chi connectivity index (χ1v) is 11.2. The highest BCUT2D eigenvalue weighted by Crippen LogP contribution is 2.24. The average Bonchev–Trinajstić information content (AvgIpc) is 2.81. The number of halogens is 1. The second kappa shape index (κ2) is 10.2. The number of β-amino-alcohol motifs (C(OH)–C–C–N with tert-alkyl or cyclic N) is 1. The predicted molar refractivity (Wildman–Crippen MR) is 128 cm³/mol. The zero-order valence-electron chi connectivity index (χ0n) is 17.9. The highest BCUT2D eigenvalue weighted by Gasteiger charge is 2.20. The number of rotatable bonds is 7. The highest BCUT2D eigenvalue weighted by atomic mass is 35.5. The fraction of sp³-hybridized carbons (Fsp3) is 0.308. The van der Waals surface area contributed by atoms with Gasteiger partial charge in [-0.2, -0.15) is 0 Å². The molecule has 0 aliphatic carbocycles. The maximum atomic E-state index is 10.4. The quantitative estimate of drug-likeness (QED) is 0.572. The lowest BCUT2D eigenvalue weighted by molar-refractivity contribution is 0.0663. The number of anilines is 1. The van der Waals surface area contributed by atoms with Crippen molar-refractivity contribution in [3.05, 3.63) is 83.4 Å². The van der Waals surface area contributed by atoms with Crippen LogP contribution in [0.25, 0.3) is 11.1 Å². The molecular weight excluding hydrogens is 408 g/mol. The number of aliphatic hydroxyl groups excluding tert-OH is 1. The summed E-state index contributed by atoms with van der Waals surface area (Å²) in [6.07, 6.45) is -0.519. The van der Waals surface area contributed by atoms with Gasteiger partial charge < -0.3 is 14.7 Å². The molecule has 1 aliphatic heterocycles. The van der Waals surface area contributed by atoms with Gasteiger partial charge in [0.1, 0.15) is 18.5 Å². The topological polar surface area (TPSA) is 35.9 Å². The molecule has 0 aromatic heterocycles. The van der Waals surface area contributed by atoms with Crippen molar-refractivity contribution in [2.24, 2.45) is 0 Å². The normalized spacial score (nSPS) is 15.6. The zero-order valence-corrected chi connectivity index (χ0v) is 18.6. The monoisotopic (exact) mass is 436 g/mol. The van der Waals surface area contributed by atoms with Gasteiger partial charge in [-0.15, -0.1) is 0 Å². The van der Waals surface area contributed by atoms with Crippen LogP contribution < -0.4 is 9.64 Å². The first-order valence-electron chi connectivity index (χ1n) is 10.8. The van der Waals surface area contributed by atoms with Crippen molar-refractivity contribution in [2.45, 2.75) is 13.0 Å². The first kappa shape index (κ1) is 21.7. The van der Waals surface area contributed by atoms with Crippen molar-refractivity contribution in [1.29, 1.82) is 0 Å². The molecular formula is C26H29ClN2O2. The molecule has 4 rings (SSSR count). The summed E-state index contributed by atoms with van der Waals surface area (Å²) >= 11 is 6.27. The molecule has 4 nitrogen and oxygen atoms in total. The lowest BCUT2D eigenvalue weighted by Crippen LogP contribution is -2.49. The van der Waals surface area contributed by atoms with E-state index >= 15 is 0 Å². The molecule has 0 spiro atoms. The van der Waals surface area contributed by atoms with Gasteiger partial charge in [0.05, 0.1) is 0 Å². The molecule has 3 aromatic rings. The van der Waals surface area contributed by atoms with Crippen LogP contribution >= 0.6 is 11.6 Å². The van der Waals surface area contributed by atoms with Crippen molar-refractivity contribution >= 4 is 17.3 Å². The van der Waals surface area contributed by atoms with E-state index in [2.05, 4.69) is 34.1 Å². The van der Waals surface area contributed by atoms with Crippen LogP contribution in [0.2, 0.25) is 5.02 Å². The number of hydrogen-bond acceptors (Lipinski definition) is 4. The predicted octanol–water partition coefficient (Wildman–Crippen LogP) is 4.88. The first-order chi connectivity index (χ1) is 15.1. The molecule has 1 heterocycles. The molecule has 1 saturated heterocycles. The summed E-state index contributed by atoms with van der Waals surface area (Å²) in [5, 5.41) is 11.3. The van der Waals surface area contributed by atoms with Crippen LogP contribution in [0, 0.1) is 6.92 Å². The number of aryl methyl sites for hydroxylation is 1. The van der Waals surface area contributed by atoms with Crippen LogP contribution in [-0.4, -0.2) is 55.4 Å². The maximum Gasteiger partial charge on any atom is 0.119 e. The molecule has 1 aliphatic rings. The third-order valence-corrected chi connectivity index (χ3v) is 6.17. The van der Waals surface area contributed by atoms with Crippen LogP contribution in [0.1, 0.15) is 5.56 Å². The third kappa shape index (κ3) is 5.79. The van der Waals surface area contributed by atoms with Crippen LogP contribution in [0.5, 0.6) is 5.75 Å². The summed E-state index contributed by atoms with van der Waals surface area (Å²) in [5.74, 6) is 0.778. The van der Waals surface area contributed by atoms with Gasteiger partial charge in [-0.05, 0) is 47.9 Å². The summed E-state index contributed by atoms with van der Waals surface area (Å²) in [5.41, 5.74) is 4.60. The standard InChI is InChI=1S/C26H29ClN2O2/c1-20-7-10-23(17-26(20)27)29-15-13-28(14-16-29)18-24(30)19-31-25-11-8-22(9-12-25)21-5-3-2-4-6-21/h2-12,17,24,30H,13-16,18-19H2,1H3. The van der Waals surface area contributed by atoms with Gasteiger partial charge >= 0.3 is 0 Å². The second-order valence-corrected chi connectivity index (χ2v) is 8.48. The molecule has 5 heteroatoms. The SMILES string of the molecule is Cc1ccc(N2CCN(CC(O)COc3ccc(-c4ccccc4)cc3)CC2)cc1Cl. The fourth-order valence-electron chi connectivity index (χ4n) is 3.88. The van der Waals surface area contributed by atoms with E-state index in [4.69, 9.17) is 16.3 Å². The molecule has 0 radical (unpaired) electrons. The Balaban J connectivity index is 1.21. The van der Waals surface area contributed by atoms with Crippen LogP contribution in [0.4, 0.5) is 5.69 Å². The number of piperazine rings is 1. The molecule has 3 aromatic carbocycles. The molecule has 1 unspecified atom stereocenters. The Bertz CT molecular complexity index is 970. The van der Waals surface area contributed by atoms with E-state index in [1.54, 1.807) is 0 Å². The minimum atomic E-state index is -0.519. The summed E-state index contributed by atoms with van der Waals surface area (Å²) in [7, 11) is 0. The van der Waals surface area contributed by atoms with E-state index in [1.807, 2.05) is 55.5 Å². The van der Waals surface area contributed by atoms with Gasteiger partial charge in [0.2, 0.25) is 0 Å². The Labute approximate surface area is 189 Å². The molecule has 1 fully saturated rings. The Morgan fingerprint density at radius 1 is 0.903 bits per heavy atom. The molecule has 162 valence electrons.